The van der Waals surface area contributed by atoms with E-state index in [0.717, 1.165) is 24.0 Å². The molecular formula is C34H36NiO4. The molecule has 1 N–H and O–H groups in total. The number of unbranched alkanes of at least 4 members (excludes halogenated alkanes) is 5. The third kappa shape index (κ3) is 10.5. The van der Waals surface area contributed by atoms with Crippen molar-refractivity contribution in [1.29, 1.82) is 0 Å². The third-order valence-corrected chi connectivity index (χ3v) is 6.09. The molecule has 0 amide bonds. The Hall–Kier alpha value is -3.69. The van der Waals surface area contributed by atoms with Crippen molar-refractivity contribution in [3.05, 3.63) is 131 Å². The maximum atomic E-state index is 12.4. The average Bonchev–Trinajstić information content (AvgIpc) is 2.98. The third-order valence-electron chi connectivity index (χ3n) is 6.09. The van der Waals surface area contributed by atoms with Gasteiger partial charge in [0.15, 0.2) is 11.6 Å². The number of hydrogen-bond acceptors (Lipinski definition) is 4. The van der Waals surface area contributed by atoms with Gasteiger partial charge in [-0.15, -0.1) is 0 Å². The number of benzene rings is 4. The van der Waals surface area contributed by atoms with E-state index >= 15 is 0 Å². The number of ether oxygens (including phenoxy) is 1. The molecule has 0 saturated carbocycles. The van der Waals surface area contributed by atoms with Gasteiger partial charge >= 0.3 is 0 Å². The van der Waals surface area contributed by atoms with Crippen LogP contribution in [-0.4, -0.2) is 23.3 Å². The van der Waals surface area contributed by atoms with Gasteiger partial charge < -0.3 is 9.84 Å². The molecule has 0 aliphatic rings. The largest absolute Gasteiger partial charge is 0.507 e. The molecule has 0 saturated heterocycles. The van der Waals surface area contributed by atoms with Crippen LogP contribution in [-0.2, 0) is 16.5 Å². The van der Waals surface area contributed by atoms with Gasteiger partial charge in [0, 0.05) is 39.2 Å². The maximum Gasteiger partial charge on any atom is 0.196 e. The normalized spacial score (nSPS) is 9.97. The molecule has 4 rings (SSSR count). The molecule has 0 unspecified atom stereocenters. The van der Waals surface area contributed by atoms with Crippen molar-refractivity contribution in [2.45, 2.75) is 45.4 Å². The molecule has 39 heavy (non-hydrogen) atoms. The van der Waals surface area contributed by atoms with Gasteiger partial charge in [-0.25, -0.2) is 0 Å². The van der Waals surface area contributed by atoms with E-state index < -0.39 is 0 Å². The quantitative estimate of drug-likeness (QED) is 0.106. The molecule has 0 fully saturated rings. The average molecular weight is 567 g/mol. The molecule has 4 nitrogen and oxygen atoms in total. The first-order chi connectivity index (χ1) is 18.6. The summed E-state index contributed by atoms with van der Waals surface area (Å²) in [7, 11) is 0. The number of carbonyl (C=O) groups is 2. The zero-order valence-electron chi connectivity index (χ0n) is 22.3. The molecule has 0 aromatic heterocycles. The fraction of sp³-hybridized carbons (Fsp3) is 0.235. The second-order valence-corrected chi connectivity index (χ2v) is 9.05. The predicted molar refractivity (Wildman–Crippen MR) is 153 cm³/mol. The zero-order valence-corrected chi connectivity index (χ0v) is 23.3. The fourth-order valence-corrected chi connectivity index (χ4v) is 3.96. The van der Waals surface area contributed by atoms with Gasteiger partial charge in [0.25, 0.3) is 0 Å². The van der Waals surface area contributed by atoms with E-state index in [9.17, 15) is 14.7 Å². The Labute approximate surface area is 242 Å². The van der Waals surface area contributed by atoms with Gasteiger partial charge in [0.2, 0.25) is 0 Å². The number of rotatable bonds is 12. The Bertz CT molecular complexity index is 1220. The monoisotopic (exact) mass is 566 g/mol. The number of phenolic OH excluding ortho intramolecular Hbond substituents is 1. The molecule has 0 aliphatic carbocycles. The molecule has 0 atom stereocenters. The van der Waals surface area contributed by atoms with Gasteiger partial charge in [-0.1, -0.05) is 130 Å². The number of phenols is 1. The van der Waals surface area contributed by atoms with Gasteiger partial charge in [0.1, 0.15) is 11.5 Å². The molecule has 4 aromatic carbocycles. The summed E-state index contributed by atoms with van der Waals surface area (Å²) in [5.74, 6) is 0.455. The van der Waals surface area contributed by atoms with Crippen molar-refractivity contribution in [3.8, 4) is 11.5 Å². The summed E-state index contributed by atoms with van der Waals surface area (Å²) in [6.07, 6.45) is 7.25. The van der Waals surface area contributed by atoms with Crippen LogP contribution in [0.4, 0.5) is 0 Å². The van der Waals surface area contributed by atoms with Crippen molar-refractivity contribution >= 4 is 11.6 Å². The van der Waals surface area contributed by atoms with Crippen LogP contribution in [0, 0.1) is 0 Å². The molecule has 0 heterocycles. The van der Waals surface area contributed by atoms with Gasteiger partial charge in [-0.05, 0) is 18.6 Å². The second kappa shape index (κ2) is 17.8. The first-order valence-corrected chi connectivity index (χ1v) is 13.3. The molecule has 0 bridgehead atoms. The number of aromatic hydroxyl groups is 1. The van der Waals surface area contributed by atoms with Crippen molar-refractivity contribution in [2.75, 3.05) is 6.61 Å². The summed E-state index contributed by atoms with van der Waals surface area (Å²) >= 11 is 0. The van der Waals surface area contributed by atoms with Crippen LogP contribution in [0.1, 0.15) is 77.3 Å². The zero-order chi connectivity index (χ0) is 27.0. The van der Waals surface area contributed by atoms with Crippen LogP contribution in [0.2, 0.25) is 0 Å². The van der Waals surface area contributed by atoms with Crippen LogP contribution >= 0.6 is 0 Å². The second-order valence-electron chi connectivity index (χ2n) is 9.05. The summed E-state index contributed by atoms with van der Waals surface area (Å²) in [6, 6.07) is 32.5. The molecule has 4 aromatic rings. The minimum Gasteiger partial charge on any atom is -0.507 e. The van der Waals surface area contributed by atoms with Crippen LogP contribution < -0.4 is 4.74 Å². The van der Waals surface area contributed by atoms with E-state index in [1.807, 2.05) is 78.9 Å². The minimum atomic E-state index is -0.185. The summed E-state index contributed by atoms with van der Waals surface area (Å²) < 4.78 is 5.66. The van der Waals surface area contributed by atoms with Crippen molar-refractivity contribution < 1.29 is 35.9 Å². The fourth-order valence-electron chi connectivity index (χ4n) is 3.96. The van der Waals surface area contributed by atoms with Crippen LogP contribution in [0.3, 0.4) is 0 Å². The van der Waals surface area contributed by atoms with Gasteiger partial charge in [0.05, 0.1) is 12.2 Å². The molecule has 0 radical (unpaired) electrons. The molecular weight excluding hydrogens is 531 g/mol. The maximum absolute atomic E-state index is 12.4. The van der Waals surface area contributed by atoms with Crippen LogP contribution in [0.5, 0.6) is 11.5 Å². The van der Waals surface area contributed by atoms with Crippen LogP contribution in [0.25, 0.3) is 0 Å². The smallest absolute Gasteiger partial charge is 0.196 e. The molecule has 206 valence electrons. The van der Waals surface area contributed by atoms with E-state index in [1.54, 1.807) is 24.3 Å². The SMILES string of the molecule is CCCCCCCCOc1ccc(C(=O)c2ccccc2)c(O)c1.O=C(c1ccccc1)c1ccccc1.[Ni]. The predicted octanol–water partition coefficient (Wildman–Crippen LogP) is 8.28. The van der Waals surface area contributed by atoms with E-state index in [4.69, 9.17) is 4.74 Å². The number of carbonyl (C=O) groups excluding carboxylic acids is 2. The molecule has 0 spiro atoms. The van der Waals surface area contributed by atoms with Crippen molar-refractivity contribution in [2.24, 2.45) is 0 Å². The number of hydrogen-bond donors (Lipinski definition) is 1. The van der Waals surface area contributed by atoms with E-state index in [2.05, 4.69) is 6.92 Å². The summed E-state index contributed by atoms with van der Waals surface area (Å²) in [5.41, 5.74) is 2.33. The van der Waals surface area contributed by atoms with Crippen molar-refractivity contribution in [1.82, 2.24) is 0 Å². The van der Waals surface area contributed by atoms with Crippen molar-refractivity contribution in [3.63, 3.8) is 0 Å². The summed E-state index contributed by atoms with van der Waals surface area (Å²) in [6.45, 7) is 2.85. The Balaban J connectivity index is 0.000000302. The first kappa shape index (κ1) is 31.5. The Morgan fingerprint density at radius 1 is 0.615 bits per heavy atom. The van der Waals surface area contributed by atoms with Crippen LogP contribution in [0.15, 0.2) is 109 Å². The van der Waals surface area contributed by atoms with E-state index in [1.165, 1.54) is 31.7 Å². The topological polar surface area (TPSA) is 63.6 Å². The standard InChI is InChI=1S/C21H26O3.C13H10O.Ni/c1-2-3-4-5-6-10-15-24-18-13-14-19(20(22)16-18)21(23)17-11-8-7-9-12-17;14-13(11-7-3-1-4-8-11)12-9-5-2-6-10-12;/h7-9,11-14,16,22H,2-6,10,15H2,1H3;1-10H;. The Morgan fingerprint density at radius 3 is 1.56 bits per heavy atom. The van der Waals surface area contributed by atoms with Gasteiger partial charge in [-0.3, -0.25) is 9.59 Å². The van der Waals surface area contributed by atoms with E-state index in [0.29, 0.717) is 23.5 Å². The molecule has 0 aliphatic heterocycles. The molecule has 5 heteroatoms. The summed E-state index contributed by atoms with van der Waals surface area (Å²) in [4.78, 5) is 24.2. The first-order valence-electron chi connectivity index (χ1n) is 13.3. The minimum absolute atomic E-state index is 0. The van der Waals surface area contributed by atoms with Gasteiger partial charge in [-0.2, -0.15) is 0 Å². The Kier molecular flexibility index (Phi) is 14.4. The van der Waals surface area contributed by atoms with E-state index in [-0.39, 0.29) is 33.8 Å². The summed E-state index contributed by atoms with van der Waals surface area (Å²) in [5, 5.41) is 10.1. The Morgan fingerprint density at radius 2 is 1.08 bits per heavy atom. The number of ketones is 2.